The lowest BCUT2D eigenvalue weighted by atomic mass is 9.82. The molecule has 0 heterocycles. The third kappa shape index (κ3) is 4.85. The van der Waals surface area contributed by atoms with Gasteiger partial charge in [0.05, 0.1) is 5.56 Å². The average molecular weight is 320 g/mol. The van der Waals surface area contributed by atoms with Gasteiger partial charge in [0.1, 0.15) is 0 Å². The highest BCUT2D eigenvalue weighted by Gasteiger charge is 2.29. The number of alkyl halides is 3. The smallest absolute Gasteiger partial charge is 0.166 e. The molecule has 2 rings (SSSR count). The fraction of sp³-hybridized carbons (Fsp3) is 0.400. The first kappa shape index (κ1) is 17.6. The number of halogens is 3. The Labute approximate surface area is 136 Å². The van der Waals surface area contributed by atoms with Crippen LogP contribution in [-0.4, -0.2) is 0 Å². The van der Waals surface area contributed by atoms with Gasteiger partial charge < -0.3 is 0 Å². The van der Waals surface area contributed by atoms with Gasteiger partial charge in [0.2, 0.25) is 0 Å². The Morgan fingerprint density at radius 2 is 1.22 bits per heavy atom. The molecule has 0 nitrogen and oxygen atoms in total. The second-order valence-corrected chi connectivity index (χ2v) is 7.36. The third-order valence-corrected chi connectivity index (χ3v) is 3.94. The number of rotatable bonds is 3. The molecule has 0 aliphatic rings. The van der Waals surface area contributed by atoms with Crippen molar-refractivity contribution in [3.05, 3.63) is 59.7 Å². The van der Waals surface area contributed by atoms with E-state index in [1.165, 1.54) is 17.7 Å². The lowest BCUT2D eigenvalue weighted by Gasteiger charge is -2.23. The Bertz CT molecular complexity index is 629. The first-order valence-electron chi connectivity index (χ1n) is 7.84. The van der Waals surface area contributed by atoms with Gasteiger partial charge >= 0.3 is 6.18 Å². The molecule has 0 N–H and O–H groups in total. The molecule has 0 bridgehead atoms. The van der Waals surface area contributed by atoms with E-state index in [0.717, 1.165) is 29.7 Å². The number of hydrogen-bond acceptors (Lipinski definition) is 0. The molecular formula is C20H23F3. The van der Waals surface area contributed by atoms with Gasteiger partial charge in [-0.3, -0.25) is 0 Å². The number of hydrogen-bond donors (Lipinski definition) is 0. The maximum Gasteiger partial charge on any atom is 0.416 e. The third-order valence-electron chi connectivity index (χ3n) is 3.94. The van der Waals surface area contributed by atoms with Crippen LogP contribution in [0.15, 0.2) is 48.5 Å². The molecule has 0 saturated heterocycles. The minimum atomic E-state index is -4.29. The van der Waals surface area contributed by atoms with Crippen LogP contribution in [-0.2, 0) is 6.18 Å². The summed E-state index contributed by atoms with van der Waals surface area (Å²) in [7, 11) is 0. The zero-order valence-corrected chi connectivity index (χ0v) is 14.0. The van der Waals surface area contributed by atoms with Crippen molar-refractivity contribution in [1.82, 2.24) is 0 Å². The molecule has 23 heavy (non-hydrogen) atoms. The van der Waals surface area contributed by atoms with Crippen LogP contribution in [0.1, 0.15) is 51.2 Å². The minimum absolute atomic E-state index is 0.269. The van der Waals surface area contributed by atoms with E-state index in [1.54, 1.807) is 0 Å². The SMILES string of the molecule is CC(CC(C)(C)C)c1ccc(-c2ccc(C(F)(F)F)cc2)cc1. The Hall–Kier alpha value is -1.77. The van der Waals surface area contributed by atoms with Gasteiger partial charge in [0.15, 0.2) is 0 Å². The molecule has 0 amide bonds. The highest BCUT2D eigenvalue weighted by Crippen LogP contribution is 2.33. The highest BCUT2D eigenvalue weighted by atomic mass is 19.4. The van der Waals surface area contributed by atoms with Gasteiger partial charge in [0, 0.05) is 0 Å². The molecule has 2 aromatic carbocycles. The fourth-order valence-corrected chi connectivity index (χ4v) is 2.89. The monoisotopic (exact) mass is 320 g/mol. The van der Waals surface area contributed by atoms with Crippen molar-refractivity contribution in [2.75, 3.05) is 0 Å². The van der Waals surface area contributed by atoms with Gasteiger partial charge in [-0.1, -0.05) is 64.1 Å². The zero-order valence-electron chi connectivity index (χ0n) is 14.0. The van der Waals surface area contributed by atoms with Crippen LogP contribution < -0.4 is 0 Å². The van der Waals surface area contributed by atoms with E-state index in [0.29, 0.717) is 5.92 Å². The van der Waals surface area contributed by atoms with Gasteiger partial charge in [-0.05, 0) is 46.6 Å². The van der Waals surface area contributed by atoms with Crippen LogP contribution >= 0.6 is 0 Å². The van der Waals surface area contributed by atoms with E-state index in [1.807, 2.05) is 12.1 Å². The molecule has 0 spiro atoms. The van der Waals surface area contributed by atoms with Crippen LogP contribution in [0.5, 0.6) is 0 Å². The highest BCUT2D eigenvalue weighted by molar-refractivity contribution is 5.64. The topological polar surface area (TPSA) is 0 Å². The maximum absolute atomic E-state index is 12.6. The summed E-state index contributed by atoms with van der Waals surface area (Å²) in [6.07, 6.45) is -3.20. The predicted molar refractivity (Wildman–Crippen MR) is 89.4 cm³/mol. The van der Waals surface area contributed by atoms with E-state index in [-0.39, 0.29) is 5.41 Å². The van der Waals surface area contributed by atoms with E-state index < -0.39 is 11.7 Å². The summed E-state index contributed by atoms with van der Waals surface area (Å²) in [5.74, 6) is 0.455. The molecule has 0 radical (unpaired) electrons. The van der Waals surface area contributed by atoms with Crippen LogP contribution in [0, 0.1) is 5.41 Å². The van der Waals surface area contributed by atoms with Crippen LogP contribution in [0.4, 0.5) is 13.2 Å². The first-order chi connectivity index (χ1) is 10.6. The number of benzene rings is 2. The first-order valence-corrected chi connectivity index (χ1v) is 7.84. The summed E-state index contributed by atoms with van der Waals surface area (Å²) in [6, 6.07) is 13.4. The molecular weight excluding hydrogens is 297 g/mol. The summed E-state index contributed by atoms with van der Waals surface area (Å²) in [5.41, 5.74) is 2.65. The van der Waals surface area contributed by atoms with Crippen molar-refractivity contribution in [2.24, 2.45) is 5.41 Å². The largest absolute Gasteiger partial charge is 0.416 e. The van der Waals surface area contributed by atoms with Crippen LogP contribution in [0.25, 0.3) is 11.1 Å². The fourth-order valence-electron chi connectivity index (χ4n) is 2.89. The second-order valence-electron chi connectivity index (χ2n) is 7.36. The van der Waals surface area contributed by atoms with E-state index in [4.69, 9.17) is 0 Å². The lowest BCUT2D eigenvalue weighted by Crippen LogP contribution is -2.09. The molecule has 0 fully saturated rings. The summed E-state index contributed by atoms with van der Waals surface area (Å²) < 4.78 is 37.8. The molecule has 0 saturated carbocycles. The van der Waals surface area contributed by atoms with E-state index in [9.17, 15) is 13.2 Å². The Morgan fingerprint density at radius 1 is 0.783 bits per heavy atom. The van der Waals surface area contributed by atoms with Crippen LogP contribution in [0.2, 0.25) is 0 Å². The Kier molecular flexibility index (Phi) is 4.88. The van der Waals surface area contributed by atoms with Crippen molar-refractivity contribution in [3.63, 3.8) is 0 Å². The van der Waals surface area contributed by atoms with Crippen molar-refractivity contribution >= 4 is 0 Å². The summed E-state index contributed by atoms with van der Waals surface area (Å²) >= 11 is 0. The summed E-state index contributed by atoms with van der Waals surface area (Å²) in [4.78, 5) is 0. The Morgan fingerprint density at radius 3 is 1.61 bits per heavy atom. The molecule has 0 aliphatic heterocycles. The second kappa shape index (κ2) is 6.38. The van der Waals surface area contributed by atoms with Gasteiger partial charge in [0.25, 0.3) is 0 Å². The van der Waals surface area contributed by atoms with Gasteiger partial charge in [-0.2, -0.15) is 13.2 Å². The zero-order chi connectivity index (χ0) is 17.3. The molecule has 1 unspecified atom stereocenters. The molecule has 2 aromatic rings. The van der Waals surface area contributed by atoms with Crippen molar-refractivity contribution in [1.29, 1.82) is 0 Å². The standard InChI is InChI=1S/C20H23F3/c1-14(13-19(2,3)4)15-5-7-16(8-6-15)17-9-11-18(12-10-17)20(21,22)23/h5-12,14H,13H2,1-4H3. The van der Waals surface area contributed by atoms with Gasteiger partial charge in [-0.25, -0.2) is 0 Å². The van der Waals surface area contributed by atoms with Crippen molar-refractivity contribution in [2.45, 2.75) is 46.2 Å². The Balaban J connectivity index is 2.16. The molecule has 3 heteroatoms. The normalized spacial score (nSPS) is 13.9. The molecule has 0 aliphatic carbocycles. The molecule has 0 aromatic heterocycles. The predicted octanol–water partition coefficient (Wildman–Crippen LogP) is 6.91. The summed E-state index contributed by atoms with van der Waals surface area (Å²) in [5, 5.41) is 0. The van der Waals surface area contributed by atoms with Gasteiger partial charge in [-0.15, -0.1) is 0 Å². The maximum atomic E-state index is 12.6. The lowest BCUT2D eigenvalue weighted by molar-refractivity contribution is -0.137. The minimum Gasteiger partial charge on any atom is -0.166 e. The quantitative estimate of drug-likeness (QED) is 0.576. The molecule has 1 atom stereocenters. The van der Waals surface area contributed by atoms with E-state index >= 15 is 0 Å². The molecule has 124 valence electrons. The van der Waals surface area contributed by atoms with Crippen LogP contribution in [0.3, 0.4) is 0 Å². The van der Waals surface area contributed by atoms with Crippen molar-refractivity contribution in [3.8, 4) is 11.1 Å². The van der Waals surface area contributed by atoms with Crippen molar-refractivity contribution < 1.29 is 13.2 Å². The average Bonchev–Trinajstić information content (AvgIpc) is 2.45. The van der Waals surface area contributed by atoms with E-state index in [2.05, 4.69) is 39.8 Å². The summed E-state index contributed by atoms with van der Waals surface area (Å²) in [6.45, 7) is 8.87.